The van der Waals surface area contributed by atoms with Crippen LogP contribution in [0.5, 0.6) is 0 Å². The van der Waals surface area contributed by atoms with Crippen LogP contribution in [0.4, 0.5) is 0 Å². The molecule has 0 fully saturated rings. The fourth-order valence-corrected chi connectivity index (χ4v) is 7.81. The lowest BCUT2D eigenvalue weighted by Crippen LogP contribution is -1.94. The lowest BCUT2D eigenvalue weighted by Gasteiger charge is -2.10. The number of hydrogen-bond donors (Lipinski definition) is 0. The molecule has 10 aromatic rings. The Labute approximate surface area is 290 Å². The zero-order valence-electron chi connectivity index (χ0n) is 27.4. The molecule has 0 aliphatic carbocycles. The van der Waals surface area contributed by atoms with Gasteiger partial charge in [-0.2, -0.15) is 0 Å². The van der Waals surface area contributed by atoms with Gasteiger partial charge in [0.15, 0.2) is 0 Å². The molecule has 0 aliphatic rings. The van der Waals surface area contributed by atoms with E-state index in [1.807, 2.05) is 0 Å². The molecule has 2 heteroatoms. The highest BCUT2D eigenvalue weighted by atomic mass is 15.0. The molecule has 10 rings (SSSR count). The zero-order chi connectivity index (χ0) is 33.0. The first-order valence-corrected chi connectivity index (χ1v) is 17.2. The molecule has 2 heterocycles. The van der Waals surface area contributed by atoms with Gasteiger partial charge in [-0.1, -0.05) is 146 Å². The van der Waals surface area contributed by atoms with E-state index in [2.05, 4.69) is 203 Å². The Hall–Kier alpha value is -6.64. The van der Waals surface area contributed by atoms with Crippen molar-refractivity contribution in [2.45, 2.75) is 0 Å². The van der Waals surface area contributed by atoms with Crippen LogP contribution in [0.3, 0.4) is 0 Å². The van der Waals surface area contributed by atoms with Crippen molar-refractivity contribution < 1.29 is 0 Å². The SMILES string of the molecule is c1ccc(-c2ccc(-c3ccc(-n4c5ccccc5c5cc6c(cc54)c4c(-c5ccccc5)cccc4n6-c4ccccc4)cc3)cc2)cc1. The molecule has 2 nitrogen and oxygen atoms in total. The van der Waals surface area contributed by atoms with Crippen LogP contribution in [0.1, 0.15) is 0 Å². The van der Waals surface area contributed by atoms with Gasteiger partial charge in [0, 0.05) is 32.9 Å². The van der Waals surface area contributed by atoms with Crippen LogP contribution in [0, 0.1) is 0 Å². The molecule has 0 radical (unpaired) electrons. The minimum Gasteiger partial charge on any atom is -0.309 e. The fourth-order valence-electron chi connectivity index (χ4n) is 7.81. The topological polar surface area (TPSA) is 9.86 Å². The molecule has 0 spiro atoms. The van der Waals surface area contributed by atoms with Crippen LogP contribution in [-0.2, 0) is 0 Å². The van der Waals surface area contributed by atoms with Crippen LogP contribution in [0.15, 0.2) is 194 Å². The van der Waals surface area contributed by atoms with Crippen molar-refractivity contribution in [2.24, 2.45) is 0 Å². The van der Waals surface area contributed by atoms with Crippen molar-refractivity contribution in [3.63, 3.8) is 0 Å². The molecule has 0 saturated carbocycles. The zero-order valence-corrected chi connectivity index (χ0v) is 27.4. The molecule has 8 aromatic carbocycles. The predicted octanol–water partition coefficient (Wildman–Crippen LogP) is 12.9. The molecule has 50 heavy (non-hydrogen) atoms. The molecule has 0 saturated heterocycles. The number of fused-ring (bicyclic) bond motifs is 6. The average molecular weight is 637 g/mol. The van der Waals surface area contributed by atoms with Gasteiger partial charge < -0.3 is 9.13 Å². The molecule has 0 amide bonds. The Bertz CT molecular complexity index is 2810. The summed E-state index contributed by atoms with van der Waals surface area (Å²) in [5.41, 5.74) is 14.5. The first-order valence-electron chi connectivity index (χ1n) is 17.2. The van der Waals surface area contributed by atoms with E-state index >= 15 is 0 Å². The van der Waals surface area contributed by atoms with Gasteiger partial charge in [-0.25, -0.2) is 0 Å². The van der Waals surface area contributed by atoms with Crippen LogP contribution < -0.4 is 0 Å². The third-order valence-electron chi connectivity index (χ3n) is 10.1. The summed E-state index contributed by atoms with van der Waals surface area (Å²) in [5.74, 6) is 0. The van der Waals surface area contributed by atoms with E-state index in [0.717, 1.165) is 11.4 Å². The number of rotatable bonds is 5. The van der Waals surface area contributed by atoms with Crippen LogP contribution >= 0.6 is 0 Å². The van der Waals surface area contributed by atoms with E-state index in [1.165, 1.54) is 77.0 Å². The van der Waals surface area contributed by atoms with Crippen molar-refractivity contribution in [3.8, 4) is 44.8 Å². The van der Waals surface area contributed by atoms with Gasteiger partial charge in [0.05, 0.1) is 22.1 Å². The molecular formula is C48H32N2. The Kier molecular flexibility index (Phi) is 6.53. The van der Waals surface area contributed by atoms with E-state index in [9.17, 15) is 0 Å². The molecule has 234 valence electrons. The Morgan fingerprint density at radius 2 is 0.720 bits per heavy atom. The average Bonchev–Trinajstić information content (AvgIpc) is 3.70. The van der Waals surface area contributed by atoms with Gasteiger partial charge in [-0.05, 0) is 81.9 Å². The van der Waals surface area contributed by atoms with E-state index in [-0.39, 0.29) is 0 Å². The number of aromatic nitrogens is 2. The van der Waals surface area contributed by atoms with E-state index in [0.29, 0.717) is 0 Å². The van der Waals surface area contributed by atoms with Crippen molar-refractivity contribution in [1.82, 2.24) is 9.13 Å². The molecule has 0 bridgehead atoms. The Morgan fingerprint density at radius 1 is 0.260 bits per heavy atom. The van der Waals surface area contributed by atoms with Gasteiger partial charge in [0.2, 0.25) is 0 Å². The first-order chi connectivity index (χ1) is 24.8. The molecule has 0 atom stereocenters. The fraction of sp³-hybridized carbons (Fsp3) is 0. The summed E-state index contributed by atoms with van der Waals surface area (Å²) in [6, 6.07) is 70.3. The number of hydrogen-bond acceptors (Lipinski definition) is 0. The van der Waals surface area contributed by atoms with Crippen molar-refractivity contribution in [2.75, 3.05) is 0 Å². The summed E-state index contributed by atoms with van der Waals surface area (Å²) in [6.07, 6.45) is 0. The highest BCUT2D eigenvalue weighted by Gasteiger charge is 2.20. The molecular weight excluding hydrogens is 605 g/mol. The second-order valence-electron chi connectivity index (χ2n) is 13.0. The summed E-state index contributed by atoms with van der Waals surface area (Å²) < 4.78 is 4.86. The molecule has 0 N–H and O–H groups in total. The van der Waals surface area contributed by atoms with E-state index < -0.39 is 0 Å². The smallest absolute Gasteiger partial charge is 0.0549 e. The highest BCUT2D eigenvalue weighted by Crippen LogP contribution is 2.42. The van der Waals surface area contributed by atoms with Gasteiger partial charge in [0.25, 0.3) is 0 Å². The van der Waals surface area contributed by atoms with Gasteiger partial charge in [-0.15, -0.1) is 0 Å². The van der Waals surface area contributed by atoms with Crippen molar-refractivity contribution in [1.29, 1.82) is 0 Å². The maximum absolute atomic E-state index is 2.43. The lowest BCUT2D eigenvalue weighted by atomic mass is 9.99. The van der Waals surface area contributed by atoms with Crippen molar-refractivity contribution in [3.05, 3.63) is 194 Å². The largest absolute Gasteiger partial charge is 0.309 e. The summed E-state index contributed by atoms with van der Waals surface area (Å²) in [4.78, 5) is 0. The van der Waals surface area contributed by atoms with Crippen LogP contribution in [0.2, 0.25) is 0 Å². The standard InChI is InChI=1S/C48H32N2/c1-4-13-33(14-5-1)34-23-25-35(26-24-34)36-27-29-39(30-28-36)49-44-21-11-10-19-41(44)42-31-47-43(32-46(42)49)48-40(37-15-6-2-7-16-37)20-12-22-45(48)50(47)38-17-8-3-9-18-38/h1-32H. The van der Waals surface area contributed by atoms with E-state index in [4.69, 9.17) is 0 Å². The molecule has 0 aliphatic heterocycles. The maximum atomic E-state index is 2.43. The molecule has 0 unspecified atom stereocenters. The number of benzene rings is 8. The minimum absolute atomic E-state index is 1.15. The van der Waals surface area contributed by atoms with E-state index in [1.54, 1.807) is 0 Å². The number of para-hydroxylation sites is 2. The Balaban J connectivity index is 1.19. The second kappa shape index (κ2) is 11.5. The summed E-state index contributed by atoms with van der Waals surface area (Å²) in [5, 5.41) is 5.01. The molecule has 2 aromatic heterocycles. The second-order valence-corrected chi connectivity index (χ2v) is 13.0. The van der Waals surface area contributed by atoms with Gasteiger partial charge in [0.1, 0.15) is 0 Å². The predicted molar refractivity (Wildman–Crippen MR) is 211 cm³/mol. The van der Waals surface area contributed by atoms with Gasteiger partial charge in [-0.3, -0.25) is 0 Å². The lowest BCUT2D eigenvalue weighted by molar-refractivity contribution is 1.17. The Morgan fingerprint density at radius 3 is 1.40 bits per heavy atom. The quantitative estimate of drug-likeness (QED) is 0.178. The third-order valence-corrected chi connectivity index (χ3v) is 10.1. The van der Waals surface area contributed by atoms with Crippen LogP contribution in [-0.4, -0.2) is 9.13 Å². The third kappa shape index (κ3) is 4.50. The first kappa shape index (κ1) is 28.4. The summed E-state index contributed by atoms with van der Waals surface area (Å²) >= 11 is 0. The summed E-state index contributed by atoms with van der Waals surface area (Å²) in [6.45, 7) is 0. The van der Waals surface area contributed by atoms with Gasteiger partial charge >= 0.3 is 0 Å². The minimum atomic E-state index is 1.15. The normalized spacial score (nSPS) is 11.6. The maximum Gasteiger partial charge on any atom is 0.0549 e. The van der Waals surface area contributed by atoms with Crippen LogP contribution in [0.25, 0.3) is 88.4 Å². The monoisotopic (exact) mass is 636 g/mol. The summed E-state index contributed by atoms with van der Waals surface area (Å²) in [7, 11) is 0. The number of nitrogens with zero attached hydrogens (tertiary/aromatic N) is 2. The van der Waals surface area contributed by atoms with Crippen molar-refractivity contribution >= 4 is 43.6 Å². The highest BCUT2D eigenvalue weighted by molar-refractivity contribution is 6.21.